The van der Waals surface area contributed by atoms with Gasteiger partial charge >= 0.3 is 0 Å². The van der Waals surface area contributed by atoms with Gasteiger partial charge in [-0.05, 0) is 37.1 Å². The molecule has 0 aliphatic carbocycles. The van der Waals surface area contributed by atoms with Gasteiger partial charge in [-0.15, -0.1) is 0 Å². The monoisotopic (exact) mass is 415 g/mol. The lowest BCUT2D eigenvalue weighted by Gasteiger charge is -2.17. The smallest absolute Gasteiger partial charge is 0.262 e. The Balaban J connectivity index is 1.90. The third kappa shape index (κ3) is 4.56. The molecule has 7 heteroatoms. The van der Waals surface area contributed by atoms with Crippen molar-refractivity contribution in [3.05, 3.63) is 63.9 Å². The van der Waals surface area contributed by atoms with Gasteiger partial charge in [-0.2, -0.15) is 0 Å². The largest absolute Gasteiger partial charge is 0.324 e. The van der Waals surface area contributed by atoms with E-state index < -0.39 is 5.25 Å². The van der Waals surface area contributed by atoms with Crippen LogP contribution in [-0.4, -0.2) is 20.7 Å². The highest BCUT2D eigenvalue weighted by Gasteiger charge is 2.20. The fraction of sp³-hybridized carbons (Fsp3) is 0.286. The van der Waals surface area contributed by atoms with E-state index in [9.17, 15) is 9.59 Å². The summed E-state index contributed by atoms with van der Waals surface area (Å²) in [6.45, 7) is 6.42. The molecule has 0 unspecified atom stereocenters. The number of hydrogen-bond acceptors (Lipinski definition) is 4. The SMILES string of the molecule is CC(C)Cn1c(S[C@H](C)C(=O)Nc2ccccc2Cl)nc2ccccc2c1=O. The lowest BCUT2D eigenvalue weighted by molar-refractivity contribution is -0.115. The van der Waals surface area contributed by atoms with E-state index in [0.29, 0.717) is 33.3 Å². The van der Waals surface area contributed by atoms with Crippen molar-refractivity contribution in [1.29, 1.82) is 0 Å². The zero-order valence-corrected chi connectivity index (χ0v) is 17.6. The van der Waals surface area contributed by atoms with Crippen molar-refractivity contribution < 1.29 is 4.79 Å². The van der Waals surface area contributed by atoms with Gasteiger partial charge in [0, 0.05) is 6.54 Å². The molecular weight excluding hydrogens is 394 g/mol. The van der Waals surface area contributed by atoms with Crippen LogP contribution in [0, 0.1) is 5.92 Å². The zero-order chi connectivity index (χ0) is 20.3. The molecule has 3 aromatic rings. The molecule has 1 aromatic heterocycles. The number of rotatable bonds is 6. The Morgan fingerprint density at radius 3 is 2.54 bits per heavy atom. The second-order valence-corrected chi connectivity index (χ2v) is 8.67. The first-order valence-corrected chi connectivity index (χ1v) is 10.3. The minimum atomic E-state index is -0.456. The summed E-state index contributed by atoms with van der Waals surface area (Å²) in [6.07, 6.45) is 0. The number of thioether (sulfide) groups is 1. The number of carbonyl (C=O) groups excluding carboxylic acids is 1. The maximum Gasteiger partial charge on any atom is 0.262 e. The first-order chi connectivity index (χ1) is 13.4. The van der Waals surface area contributed by atoms with Crippen LogP contribution in [0.4, 0.5) is 5.69 Å². The molecule has 28 heavy (non-hydrogen) atoms. The van der Waals surface area contributed by atoms with Gasteiger partial charge in [-0.1, -0.05) is 61.5 Å². The Hall–Kier alpha value is -2.31. The predicted molar refractivity (Wildman–Crippen MR) is 116 cm³/mol. The number of halogens is 1. The second-order valence-electron chi connectivity index (χ2n) is 6.95. The Bertz CT molecular complexity index is 1060. The van der Waals surface area contributed by atoms with Crippen molar-refractivity contribution >= 4 is 45.9 Å². The van der Waals surface area contributed by atoms with Crippen molar-refractivity contribution in [2.45, 2.75) is 37.7 Å². The van der Waals surface area contributed by atoms with Gasteiger partial charge in [0.2, 0.25) is 5.91 Å². The summed E-state index contributed by atoms with van der Waals surface area (Å²) in [4.78, 5) is 30.3. The van der Waals surface area contributed by atoms with E-state index >= 15 is 0 Å². The van der Waals surface area contributed by atoms with E-state index in [2.05, 4.69) is 10.3 Å². The first-order valence-electron chi connectivity index (χ1n) is 9.08. The Labute approximate surface area is 173 Å². The van der Waals surface area contributed by atoms with Gasteiger partial charge in [0.25, 0.3) is 5.56 Å². The van der Waals surface area contributed by atoms with Gasteiger partial charge in [0.15, 0.2) is 5.16 Å². The van der Waals surface area contributed by atoms with E-state index in [-0.39, 0.29) is 17.4 Å². The molecule has 0 spiro atoms. The summed E-state index contributed by atoms with van der Waals surface area (Å²) in [5.41, 5.74) is 1.11. The summed E-state index contributed by atoms with van der Waals surface area (Å²) in [5.74, 6) is 0.0730. The van der Waals surface area contributed by atoms with Crippen LogP contribution in [0.3, 0.4) is 0 Å². The molecule has 0 saturated carbocycles. The molecule has 0 saturated heterocycles. The highest BCUT2D eigenvalue weighted by molar-refractivity contribution is 8.00. The van der Waals surface area contributed by atoms with Crippen molar-refractivity contribution in [3.8, 4) is 0 Å². The van der Waals surface area contributed by atoms with Crippen molar-refractivity contribution in [2.24, 2.45) is 5.92 Å². The van der Waals surface area contributed by atoms with Gasteiger partial charge in [0.1, 0.15) is 0 Å². The Morgan fingerprint density at radius 1 is 1.14 bits per heavy atom. The van der Waals surface area contributed by atoms with E-state index in [1.54, 1.807) is 35.8 Å². The molecule has 0 bridgehead atoms. The van der Waals surface area contributed by atoms with Crippen LogP contribution in [0.15, 0.2) is 58.5 Å². The molecular formula is C21H22ClN3O2S. The Morgan fingerprint density at radius 2 is 1.82 bits per heavy atom. The lowest BCUT2D eigenvalue weighted by atomic mass is 10.2. The normalized spacial score (nSPS) is 12.3. The van der Waals surface area contributed by atoms with Crippen LogP contribution in [0.2, 0.25) is 5.02 Å². The van der Waals surface area contributed by atoms with Crippen molar-refractivity contribution in [1.82, 2.24) is 9.55 Å². The number of para-hydroxylation sites is 2. The third-order valence-corrected chi connectivity index (χ3v) is 5.58. The highest BCUT2D eigenvalue weighted by Crippen LogP contribution is 2.26. The van der Waals surface area contributed by atoms with Gasteiger partial charge in [-0.25, -0.2) is 4.98 Å². The number of benzene rings is 2. The van der Waals surface area contributed by atoms with E-state index in [4.69, 9.17) is 11.6 Å². The molecule has 146 valence electrons. The number of aromatic nitrogens is 2. The standard InChI is InChI=1S/C21H22ClN3O2S/c1-13(2)12-25-20(27)15-8-4-6-10-17(15)24-21(25)28-14(3)19(26)23-18-11-7-5-9-16(18)22/h4-11,13-14H,12H2,1-3H3,(H,23,26)/t14-/m1/s1. The van der Waals surface area contributed by atoms with Gasteiger partial charge < -0.3 is 5.32 Å². The van der Waals surface area contributed by atoms with Crippen molar-refractivity contribution in [2.75, 3.05) is 5.32 Å². The average molecular weight is 416 g/mol. The maximum absolute atomic E-state index is 13.0. The quantitative estimate of drug-likeness (QED) is 0.462. The maximum atomic E-state index is 13.0. The van der Waals surface area contributed by atoms with E-state index in [0.717, 1.165) is 0 Å². The van der Waals surface area contributed by atoms with Crippen LogP contribution in [-0.2, 0) is 11.3 Å². The van der Waals surface area contributed by atoms with E-state index in [1.165, 1.54) is 11.8 Å². The number of nitrogens with one attached hydrogen (secondary N) is 1. The molecule has 1 amide bonds. The summed E-state index contributed by atoms with van der Waals surface area (Å²) in [5, 5.41) is 3.98. The van der Waals surface area contributed by atoms with E-state index in [1.807, 2.05) is 38.1 Å². The molecule has 3 rings (SSSR count). The lowest BCUT2D eigenvalue weighted by Crippen LogP contribution is -2.28. The fourth-order valence-electron chi connectivity index (χ4n) is 2.77. The fourth-order valence-corrected chi connectivity index (χ4v) is 3.87. The molecule has 0 aliphatic rings. The first kappa shape index (κ1) is 20.4. The topological polar surface area (TPSA) is 64.0 Å². The number of nitrogens with zero attached hydrogens (tertiary/aromatic N) is 2. The number of anilines is 1. The molecule has 5 nitrogen and oxygen atoms in total. The average Bonchev–Trinajstić information content (AvgIpc) is 2.66. The zero-order valence-electron chi connectivity index (χ0n) is 16.0. The molecule has 1 N–H and O–H groups in total. The van der Waals surface area contributed by atoms with Gasteiger partial charge in [-0.3, -0.25) is 14.2 Å². The van der Waals surface area contributed by atoms with Gasteiger partial charge in [0.05, 0.1) is 26.9 Å². The highest BCUT2D eigenvalue weighted by atomic mass is 35.5. The molecule has 2 aromatic carbocycles. The molecule has 1 atom stereocenters. The summed E-state index contributed by atoms with van der Waals surface area (Å²) < 4.78 is 1.66. The van der Waals surface area contributed by atoms with Crippen LogP contribution < -0.4 is 10.9 Å². The van der Waals surface area contributed by atoms with Crippen LogP contribution in [0.5, 0.6) is 0 Å². The molecule has 0 aliphatic heterocycles. The molecule has 0 fully saturated rings. The van der Waals surface area contributed by atoms with Crippen molar-refractivity contribution in [3.63, 3.8) is 0 Å². The second kappa shape index (κ2) is 8.80. The summed E-state index contributed by atoms with van der Waals surface area (Å²) >= 11 is 7.39. The number of amides is 1. The molecule has 1 heterocycles. The number of carbonyl (C=O) groups is 1. The molecule has 0 radical (unpaired) electrons. The minimum absolute atomic E-state index is 0.0829. The third-order valence-electron chi connectivity index (χ3n) is 4.16. The predicted octanol–water partition coefficient (Wildman–Crippen LogP) is 4.83. The van der Waals surface area contributed by atoms with Crippen LogP contribution >= 0.6 is 23.4 Å². The number of hydrogen-bond donors (Lipinski definition) is 1. The Kier molecular flexibility index (Phi) is 6.42. The van der Waals surface area contributed by atoms with Crippen LogP contribution in [0.25, 0.3) is 10.9 Å². The summed E-state index contributed by atoms with van der Waals surface area (Å²) in [6, 6.07) is 14.4. The summed E-state index contributed by atoms with van der Waals surface area (Å²) in [7, 11) is 0. The number of fused-ring (bicyclic) bond motifs is 1. The minimum Gasteiger partial charge on any atom is -0.324 e. The van der Waals surface area contributed by atoms with Crippen LogP contribution in [0.1, 0.15) is 20.8 Å².